The van der Waals surface area contributed by atoms with Gasteiger partial charge in [0.05, 0.1) is 16.9 Å². The maximum Gasteiger partial charge on any atom is 0.269 e. The number of furan rings is 1. The molecule has 0 radical (unpaired) electrons. The van der Waals surface area contributed by atoms with E-state index in [4.69, 9.17) is 10.2 Å². The van der Waals surface area contributed by atoms with Gasteiger partial charge in [0.1, 0.15) is 0 Å². The number of anilines is 1. The van der Waals surface area contributed by atoms with E-state index in [0.717, 1.165) is 11.8 Å². The van der Waals surface area contributed by atoms with E-state index in [2.05, 4.69) is 10.2 Å². The number of thioether (sulfide) groups is 1. The molecule has 0 atom stereocenters. The number of benzene rings is 1. The fraction of sp³-hybridized carbons (Fsp3) is 0.222. The zero-order valence-corrected chi connectivity index (χ0v) is 16.7. The second kappa shape index (κ2) is 9.22. The molecule has 2 N–H and O–H groups in total. The molecule has 30 heavy (non-hydrogen) atoms. The van der Waals surface area contributed by atoms with E-state index in [1.165, 1.54) is 35.4 Å². The van der Waals surface area contributed by atoms with Gasteiger partial charge in [-0.05, 0) is 24.3 Å². The first-order valence-corrected chi connectivity index (χ1v) is 9.74. The number of aromatic nitrogens is 3. The molecule has 0 unspecified atom stereocenters. The van der Waals surface area contributed by atoms with Gasteiger partial charge in [-0.25, -0.2) is 0 Å². The van der Waals surface area contributed by atoms with Crippen molar-refractivity contribution in [1.29, 1.82) is 0 Å². The minimum absolute atomic E-state index is 0.0420. The molecule has 1 aromatic carbocycles. The van der Waals surface area contributed by atoms with Crippen LogP contribution in [0.5, 0.6) is 0 Å². The van der Waals surface area contributed by atoms with E-state index < -0.39 is 10.8 Å². The molecule has 0 fully saturated rings. The first-order chi connectivity index (χ1) is 14.4. The highest BCUT2D eigenvalue weighted by Gasteiger charge is 2.19. The van der Waals surface area contributed by atoms with Crippen LogP contribution in [0.2, 0.25) is 0 Å². The second-order valence-corrected chi connectivity index (χ2v) is 7.11. The van der Waals surface area contributed by atoms with Gasteiger partial charge in [-0.15, -0.1) is 10.2 Å². The predicted octanol–water partition coefficient (Wildman–Crippen LogP) is 2.08. The molecule has 0 aliphatic carbocycles. The lowest BCUT2D eigenvalue weighted by molar-refractivity contribution is -0.384. The van der Waals surface area contributed by atoms with Gasteiger partial charge < -0.3 is 15.1 Å². The Bertz CT molecular complexity index is 1050. The van der Waals surface area contributed by atoms with Gasteiger partial charge in [0, 0.05) is 37.8 Å². The summed E-state index contributed by atoms with van der Waals surface area (Å²) in [6.07, 6.45) is 1.58. The number of non-ortho nitro benzene ring substituents is 1. The molecule has 2 aromatic heterocycles. The molecule has 0 aliphatic rings. The second-order valence-electron chi connectivity index (χ2n) is 6.17. The molecule has 2 amide bonds. The summed E-state index contributed by atoms with van der Waals surface area (Å²) in [4.78, 5) is 35.4. The van der Waals surface area contributed by atoms with Crippen molar-refractivity contribution in [3.05, 3.63) is 52.8 Å². The van der Waals surface area contributed by atoms with Crippen LogP contribution in [0.15, 0.2) is 52.2 Å². The van der Waals surface area contributed by atoms with Crippen LogP contribution in [0.3, 0.4) is 0 Å². The lowest BCUT2D eigenvalue weighted by Crippen LogP contribution is -2.28. The highest BCUT2D eigenvalue weighted by molar-refractivity contribution is 7.99. The van der Waals surface area contributed by atoms with Gasteiger partial charge in [-0.3, -0.25) is 24.3 Å². The smallest absolute Gasteiger partial charge is 0.269 e. The van der Waals surface area contributed by atoms with Crippen LogP contribution >= 0.6 is 11.8 Å². The van der Waals surface area contributed by atoms with Crippen molar-refractivity contribution in [2.75, 3.05) is 17.7 Å². The number of rotatable bonds is 9. The van der Waals surface area contributed by atoms with Gasteiger partial charge >= 0.3 is 0 Å². The van der Waals surface area contributed by atoms with E-state index in [-0.39, 0.29) is 30.3 Å². The average Bonchev–Trinajstić information content (AvgIpc) is 3.39. The zero-order chi connectivity index (χ0) is 21.7. The number of nitro benzene ring substituents is 1. The SMILES string of the molecule is CN(C(=O)CSc1nnc(-c2ccco2)n1CCC(N)=O)c1ccc([N+](=O)[O-])cc1. The molecule has 12 heteroatoms. The van der Waals surface area contributed by atoms with Gasteiger partial charge in [0.2, 0.25) is 11.8 Å². The molecule has 0 spiro atoms. The summed E-state index contributed by atoms with van der Waals surface area (Å²) in [5.74, 6) is 0.241. The topological polar surface area (TPSA) is 150 Å². The number of carbonyl (C=O) groups is 2. The fourth-order valence-corrected chi connectivity index (χ4v) is 3.45. The number of hydrogen-bond donors (Lipinski definition) is 1. The highest BCUT2D eigenvalue weighted by atomic mass is 32.2. The van der Waals surface area contributed by atoms with Crippen LogP contribution in [0.4, 0.5) is 11.4 Å². The van der Waals surface area contributed by atoms with E-state index in [1.54, 1.807) is 23.7 Å². The summed E-state index contributed by atoms with van der Waals surface area (Å²) in [5.41, 5.74) is 5.73. The first kappa shape index (κ1) is 21.0. The number of nitro groups is 1. The predicted molar refractivity (Wildman–Crippen MR) is 109 cm³/mol. The number of amides is 2. The molecule has 0 aliphatic heterocycles. The van der Waals surface area contributed by atoms with Crippen LogP contribution < -0.4 is 10.6 Å². The monoisotopic (exact) mass is 430 g/mol. The number of carbonyl (C=O) groups excluding carboxylic acids is 2. The van der Waals surface area contributed by atoms with Gasteiger partial charge in [-0.2, -0.15) is 0 Å². The summed E-state index contributed by atoms with van der Waals surface area (Å²) in [6.45, 7) is 0.243. The van der Waals surface area contributed by atoms with Crippen molar-refractivity contribution < 1.29 is 18.9 Å². The van der Waals surface area contributed by atoms with E-state index in [9.17, 15) is 19.7 Å². The van der Waals surface area contributed by atoms with Crippen LogP contribution in [0, 0.1) is 10.1 Å². The lowest BCUT2D eigenvalue weighted by Gasteiger charge is -2.17. The van der Waals surface area contributed by atoms with Crippen molar-refractivity contribution in [3.8, 4) is 11.6 Å². The number of nitrogens with zero attached hydrogens (tertiary/aromatic N) is 5. The number of nitrogens with two attached hydrogens (primary N) is 1. The van der Waals surface area contributed by atoms with E-state index >= 15 is 0 Å². The minimum Gasteiger partial charge on any atom is -0.461 e. The quantitative estimate of drug-likeness (QED) is 0.308. The summed E-state index contributed by atoms with van der Waals surface area (Å²) in [7, 11) is 1.58. The third kappa shape index (κ3) is 4.84. The van der Waals surface area contributed by atoms with Crippen molar-refractivity contribution in [2.45, 2.75) is 18.1 Å². The highest BCUT2D eigenvalue weighted by Crippen LogP contribution is 2.26. The average molecular weight is 430 g/mol. The van der Waals surface area contributed by atoms with Gasteiger partial charge in [0.15, 0.2) is 16.7 Å². The molecule has 11 nitrogen and oxygen atoms in total. The molecule has 156 valence electrons. The first-order valence-electron chi connectivity index (χ1n) is 8.76. The molecule has 3 rings (SSSR count). The standard InChI is InChI=1S/C18H18N6O5S/c1-22(12-4-6-13(7-5-12)24(27)28)16(26)11-30-18-21-20-17(14-3-2-10-29-14)23(18)9-8-15(19)25/h2-7,10H,8-9,11H2,1H3,(H2,19,25). The maximum absolute atomic E-state index is 12.6. The molecule has 0 saturated heterocycles. The summed E-state index contributed by atoms with van der Waals surface area (Å²) in [6, 6.07) is 9.10. The van der Waals surface area contributed by atoms with Crippen LogP contribution in [-0.4, -0.2) is 44.3 Å². The van der Waals surface area contributed by atoms with Gasteiger partial charge in [0.25, 0.3) is 5.69 Å². The Balaban J connectivity index is 1.71. The normalized spacial score (nSPS) is 10.7. The third-order valence-corrected chi connectivity index (χ3v) is 5.14. The van der Waals surface area contributed by atoms with Crippen molar-refractivity contribution >= 4 is 35.0 Å². The maximum atomic E-state index is 12.6. The van der Waals surface area contributed by atoms with Crippen molar-refractivity contribution in [2.24, 2.45) is 5.73 Å². The van der Waals surface area contributed by atoms with Crippen LogP contribution in [0.1, 0.15) is 6.42 Å². The Kier molecular flexibility index (Phi) is 6.47. The summed E-state index contributed by atoms with van der Waals surface area (Å²) >= 11 is 1.15. The van der Waals surface area contributed by atoms with Crippen LogP contribution in [0.25, 0.3) is 11.6 Å². The molecular weight excluding hydrogens is 412 g/mol. The third-order valence-electron chi connectivity index (χ3n) is 4.19. The van der Waals surface area contributed by atoms with Crippen molar-refractivity contribution in [1.82, 2.24) is 14.8 Å². The fourth-order valence-electron chi connectivity index (χ4n) is 2.57. The molecular formula is C18H18N6O5S. The lowest BCUT2D eigenvalue weighted by atomic mass is 10.2. The molecule has 0 saturated carbocycles. The van der Waals surface area contributed by atoms with Gasteiger partial charge in [-0.1, -0.05) is 11.8 Å². The largest absolute Gasteiger partial charge is 0.461 e. The Morgan fingerprint density at radius 3 is 2.60 bits per heavy atom. The Morgan fingerprint density at radius 2 is 2.00 bits per heavy atom. The minimum atomic E-state index is -0.503. The Labute approximate surface area is 175 Å². The molecule has 2 heterocycles. The Morgan fingerprint density at radius 1 is 1.27 bits per heavy atom. The summed E-state index contributed by atoms with van der Waals surface area (Å²) in [5, 5.41) is 19.4. The van der Waals surface area contributed by atoms with E-state index in [0.29, 0.717) is 22.4 Å². The van der Waals surface area contributed by atoms with Crippen molar-refractivity contribution in [3.63, 3.8) is 0 Å². The Hall–Kier alpha value is -3.67. The van der Waals surface area contributed by atoms with Crippen LogP contribution in [-0.2, 0) is 16.1 Å². The summed E-state index contributed by atoms with van der Waals surface area (Å²) < 4.78 is 7.03. The number of hydrogen-bond acceptors (Lipinski definition) is 8. The molecule has 0 bridgehead atoms. The molecule has 3 aromatic rings. The number of primary amides is 1. The van der Waals surface area contributed by atoms with E-state index in [1.807, 2.05) is 0 Å². The zero-order valence-electron chi connectivity index (χ0n) is 15.9.